The predicted octanol–water partition coefficient (Wildman–Crippen LogP) is 3.33. The maximum absolute atomic E-state index is 11.8. The molecule has 2 heterocycles. The molecule has 0 atom stereocenters. The third-order valence-electron chi connectivity index (χ3n) is 3.60. The Hall–Kier alpha value is -2.55. The zero-order chi connectivity index (χ0) is 12.8. The van der Waals surface area contributed by atoms with E-state index in [0.717, 1.165) is 33.4 Å². The van der Waals surface area contributed by atoms with E-state index in [9.17, 15) is 4.79 Å². The van der Waals surface area contributed by atoms with Crippen LogP contribution in [0.3, 0.4) is 0 Å². The fourth-order valence-corrected chi connectivity index (χ4v) is 2.80. The lowest BCUT2D eigenvalue weighted by Gasteiger charge is -2.14. The SMILES string of the molecule is O=C1Cc2c(-c3ccccc3)[nH]c3cccc(c23)N1. The fraction of sp³-hybridized carbons (Fsp3) is 0.0625. The molecule has 3 nitrogen and oxygen atoms in total. The monoisotopic (exact) mass is 248 g/mol. The molecule has 19 heavy (non-hydrogen) atoms. The fourth-order valence-electron chi connectivity index (χ4n) is 2.80. The van der Waals surface area contributed by atoms with Crippen LogP contribution in [0.25, 0.3) is 22.2 Å². The molecule has 1 aliphatic rings. The Balaban J connectivity index is 2.07. The highest BCUT2D eigenvalue weighted by Gasteiger charge is 2.22. The molecular weight excluding hydrogens is 236 g/mol. The molecule has 0 bridgehead atoms. The van der Waals surface area contributed by atoms with Crippen LogP contribution in [0.1, 0.15) is 5.56 Å². The molecule has 2 aromatic carbocycles. The van der Waals surface area contributed by atoms with Crippen molar-refractivity contribution >= 4 is 22.5 Å². The van der Waals surface area contributed by atoms with Gasteiger partial charge in [0.15, 0.2) is 0 Å². The average Bonchev–Trinajstić information content (AvgIpc) is 2.80. The van der Waals surface area contributed by atoms with E-state index in [0.29, 0.717) is 6.42 Å². The van der Waals surface area contributed by atoms with Crippen LogP contribution in [0.2, 0.25) is 0 Å². The molecule has 3 heteroatoms. The first-order valence-corrected chi connectivity index (χ1v) is 6.32. The van der Waals surface area contributed by atoms with Gasteiger partial charge in [-0.05, 0) is 23.3 Å². The summed E-state index contributed by atoms with van der Waals surface area (Å²) in [6, 6.07) is 16.1. The summed E-state index contributed by atoms with van der Waals surface area (Å²) in [7, 11) is 0. The summed E-state index contributed by atoms with van der Waals surface area (Å²) in [6.45, 7) is 0. The smallest absolute Gasteiger partial charge is 0.228 e. The van der Waals surface area contributed by atoms with Crippen molar-refractivity contribution in [2.45, 2.75) is 6.42 Å². The van der Waals surface area contributed by atoms with E-state index in [1.54, 1.807) is 0 Å². The summed E-state index contributed by atoms with van der Waals surface area (Å²) in [5, 5.41) is 4.07. The van der Waals surface area contributed by atoms with Gasteiger partial charge in [0.05, 0.1) is 17.8 Å². The Kier molecular flexibility index (Phi) is 2.03. The van der Waals surface area contributed by atoms with Gasteiger partial charge in [-0.1, -0.05) is 36.4 Å². The molecule has 1 amide bonds. The van der Waals surface area contributed by atoms with Crippen LogP contribution >= 0.6 is 0 Å². The van der Waals surface area contributed by atoms with Gasteiger partial charge in [-0.3, -0.25) is 4.79 Å². The predicted molar refractivity (Wildman–Crippen MR) is 76.1 cm³/mol. The lowest BCUT2D eigenvalue weighted by atomic mass is 9.99. The van der Waals surface area contributed by atoms with E-state index in [1.165, 1.54) is 0 Å². The number of nitrogens with one attached hydrogen (secondary N) is 2. The zero-order valence-electron chi connectivity index (χ0n) is 10.2. The number of carbonyl (C=O) groups is 1. The van der Waals surface area contributed by atoms with Crippen LogP contribution in [0.4, 0.5) is 5.69 Å². The number of aromatic nitrogens is 1. The van der Waals surface area contributed by atoms with Crippen molar-refractivity contribution in [2.24, 2.45) is 0 Å². The first-order chi connectivity index (χ1) is 9.33. The van der Waals surface area contributed by atoms with E-state index in [1.807, 2.05) is 36.4 Å². The van der Waals surface area contributed by atoms with E-state index in [4.69, 9.17) is 0 Å². The molecule has 3 aromatic rings. The maximum Gasteiger partial charge on any atom is 0.228 e. The van der Waals surface area contributed by atoms with Crippen molar-refractivity contribution in [1.82, 2.24) is 4.98 Å². The highest BCUT2D eigenvalue weighted by molar-refractivity contribution is 6.11. The van der Waals surface area contributed by atoms with Gasteiger partial charge >= 0.3 is 0 Å². The first kappa shape index (κ1) is 10.4. The van der Waals surface area contributed by atoms with Gasteiger partial charge < -0.3 is 10.3 Å². The molecule has 4 rings (SSSR count). The Morgan fingerprint density at radius 2 is 1.79 bits per heavy atom. The molecule has 0 radical (unpaired) electrons. The third kappa shape index (κ3) is 1.48. The van der Waals surface area contributed by atoms with Crippen LogP contribution in [-0.4, -0.2) is 10.9 Å². The standard InChI is InChI=1S/C16H12N2O/c19-14-9-11-15-12(17-14)7-4-8-13(15)18-16(11)10-5-2-1-3-6-10/h1-8,18H,9H2,(H,17,19). The summed E-state index contributed by atoms with van der Waals surface area (Å²) in [5.41, 5.74) is 5.25. The maximum atomic E-state index is 11.8. The molecule has 2 N–H and O–H groups in total. The molecular formula is C16H12N2O. The van der Waals surface area contributed by atoms with Gasteiger partial charge in [0.1, 0.15) is 0 Å². The Labute approximate surface area is 110 Å². The van der Waals surface area contributed by atoms with Gasteiger partial charge in [-0.25, -0.2) is 0 Å². The summed E-state index contributed by atoms with van der Waals surface area (Å²) < 4.78 is 0. The molecule has 1 aliphatic heterocycles. The second-order valence-corrected chi connectivity index (χ2v) is 4.80. The molecule has 0 saturated heterocycles. The highest BCUT2D eigenvalue weighted by Crippen LogP contribution is 2.37. The van der Waals surface area contributed by atoms with Crippen molar-refractivity contribution < 1.29 is 4.79 Å². The number of benzene rings is 2. The van der Waals surface area contributed by atoms with Crippen LogP contribution in [0.5, 0.6) is 0 Å². The molecule has 0 fully saturated rings. The van der Waals surface area contributed by atoms with E-state index >= 15 is 0 Å². The number of anilines is 1. The number of hydrogen-bond acceptors (Lipinski definition) is 1. The Morgan fingerprint density at radius 1 is 0.947 bits per heavy atom. The summed E-state index contributed by atoms with van der Waals surface area (Å²) >= 11 is 0. The quantitative estimate of drug-likeness (QED) is 0.681. The van der Waals surface area contributed by atoms with E-state index in [2.05, 4.69) is 22.4 Å². The van der Waals surface area contributed by atoms with Crippen molar-refractivity contribution in [2.75, 3.05) is 5.32 Å². The topological polar surface area (TPSA) is 44.9 Å². The molecule has 0 spiro atoms. The first-order valence-electron chi connectivity index (χ1n) is 6.32. The van der Waals surface area contributed by atoms with Crippen LogP contribution < -0.4 is 5.32 Å². The Morgan fingerprint density at radius 3 is 2.63 bits per heavy atom. The van der Waals surface area contributed by atoms with Crippen molar-refractivity contribution in [1.29, 1.82) is 0 Å². The number of amides is 1. The van der Waals surface area contributed by atoms with Gasteiger partial charge in [-0.2, -0.15) is 0 Å². The number of H-pyrrole nitrogens is 1. The van der Waals surface area contributed by atoms with E-state index in [-0.39, 0.29) is 5.91 Å². The van der Waals surface area contributed by atoms with Gasteiger partial charge in [0, 0.05) is 10.9 Å². The average molecular weight is 248 g/mol. The minimum atomic E-state index is 0.0526. The minimum Gasteiger partial charge on any atom is -0.354 e. The second kappa shape index (κ2) is 3.72. The normalized spacial score (nSPS) is 13.6. The highest BCUT2D eigenvalue weighted by atomic mass is 16.1. The van der Waals surface area contributed by atoms with Crippen molar-refractivity contribution in [3.63, 3.8) is 0 Å². The van der Waals surface area contributed by atoms with Gasteiger partial charge in [0.2, 0.25) is 5.91 Å². The van der Waals surface area contributed by atoms with E-state index < -0.39 is 0 Å². The lowest BCUT2D eigenvalue weighted by Crippen LogP contribution is -2.18. The van der Waals surface area contributed by atoms with Crippen LogP contribution in [0.15, 0.2) is 48.5 Å². The third-order valence-corrected chi connectivity index (χ3v) is 3.60. The number of aromatic amines is 1. The molecule has 1 aromatic heterocycles. The summed E-state index contributed by atoms with van der Waals surface area (Å²) in [5.74, 6) is 0.0526. The lowest BCUT2D eigenvalue weighted by molar-refractivity contribution is -0.115. The molecule has 0 aliphatic carbocycles. The van der Waals surface area contributed by atoms with Crippen LogP contribution in [-0.2, 0) is 11.2 Å². The Bertz CT molecular complexity index is 787. The van der Waals surface area contributed by atoms with Gasteiger partial charge in [-0.15, -0.1) is 0 Å². The van der Waals surface area contributed by atoms with Crippen molar-refractivity contribution in [3.05, 3.63) is 54.1 Å². The summed E-state index contributed by atoms with van der Waals surface area (Å²) in [6.07, 6.45) is 0.432. The zero-order valence-corrected chi connectivity index (χ0v) is 10.2. The molecule has 92 valence electrons. The number of carbonyl (C=O) groups excluding carboxylic acids is 1. The molecule has 0 saturated carbocycles. The van der Waals surface area contributed by atoms with Gasteiger partial charge in [0.25, 0.3) is 0 Å². The second-order valence-electron chi connectivity index (χ2n) is 4.80. The van der Waals surface area contributed by atoms with Crippen LogP contribution in [0, 0.1) is 0 Å². The number of hydrogen-bond donors (Lipinski definition) is 2. The molecule has 0 unspecified atom stereocenters. The summed E-state index contributed by atoms with van der Waals surface area (Å²) in [4.78, 5) is 15.3. The van der Waals surface area contributed by atoms with Crippen molar-refractivity contribution in [3.8, 4) is 11.3 Å². The number of rotatable bonds is 1. The minimum absolute atomic E-state index is 0.0526. The largest absolute Gasteiger partial charge is 0.354 e.